The average Bonchev–Trinajstić information content (AvgIpc) is 2.87. The van der Waals surface area contributed by atoms with Crippen LogP contribution in [-0.2, 0) is 19.8 Å². The van der Waals surface area contributed by atoms with Crippen LogP contribution in [0.25, 0.3) is 11.5 Å². The van der Waals surface area contributed by atoms with Gasteiger partial charge in [0, 0.05) is 0 Å². The molecule has 1 N–H and O–H groups in total. The number of rotatable bonds is 7. The molecule has 8 heteroatoms. The van der Waals surface area contributed by atoms with Crippen molar-refractivity contribution in [3.8, 4) is 17.2 Å². The Morgan fingerprint density at radius 1 is 1.19 bits per heavy atom. The van der Waals surface area contributed by atoms with E-state index in [9.17, 15) is 9.67 Å². The van der Waals surface area contributed by atoms with Crippen LogP contribution in [0.2, 0.25) is 0 Å². The molecule has 7 nitrogen and oxygen atoms in total. The topological polar surface area (TPSA) is 94.7 Å². The number of benzene rings is 1. The molecule has 0 fully saturated rings. The first kappa shape index (κ1) is 15.7. The lowest BCUT2D eigenvalue weighted by Crippen LogP contribution is -1.99. The van der Waals surface area contributed by atoms with E-state index >= 15 is 0 Å². The Kier molecular flexibility index (Phi) is 5.12. The van der Waals surface area contributed by atoms with Gasteiger partial charge >= 0.3 is 7.60 Å². The normalized spacial score (nSPS) is 11.7. The standard InChI is InChI=1S/C13H17N2O5P/c1-3-18-21(17,19-4-2)9-12-14-15-13(20-12)10-7-5-6-8-11(10)16/h5-8,16H,3-4,9H2,1-2H3. The molecule has 2 rings (SSSR count). The van der Waals surface area contributed by atoms with Crippen LogP contribution in [-0.4, -0.2) is 28.5 Å². The summed E-state index contributed by atoms with van der Waals surface area (Å²) in [4.78, 5) is 0. The van der Waals surface area contributed by atoms with Gasteiger partial charge in [-0.15, -0.1) is 10.2 Å². The van der Waals surface area contributed by atoms with E-state index in [1.807, 2.05) is 0 Å². The van der Waals surface area contributed by atoms with E-state index in [0.717, 1.165) is 0 Å². The van der Waals surface area contributed by atoms with Gasteiger partial charge in [-0.05, 0) is 26.0 Å². The maximum absolute atomic E-state index is 12.4. The van der Waals surface area contributed by atoms with Crippen LogP contribution in [0, 0.1) is 0 Å². The second-order valence-electron chi connectivity index (χ2n) is 4.12. The Bertz CT molecular complexity index is 633. The van der Waals surface area contributed by atoms with Crippen LogP contribution in [0.5, 0.6) is 5.75 Å². The molecule has 0 unspecified atom stereocenters. The summed E-state index contributed by atoms with van der Waals surface area (Å²) in [5.74, 6) is 0.326. The van der Waals surface area contributed by atoms with Gasteiger partial charge in [0.1, 0.15) is 11.9 Å². The number of para-hydroxylation sites is 1. The lowest BCUT2D eigenvalue weighted by Gasteiger charge is -2.14. The second-order valence-corrected chi connectivity index (χ2v) is 6.18. The van der Waals surface area contributed by atoms with Gasteiger partial charge in [-0.1, -0.05) is 12.1 Å². The Balaban J connectivity index is 2.20. The zero-order valence-electron chi connectivity index (χ0n) is 11.9. The minimum atomic E-state index is -3.29. The van der Waals surface area contributed by atoms with Crippen molar-refractivity contribution in [3.63, 3.8) is 0 Å². The van der Waals surface area contributed by atoms with Crippen molar-refractivity contribution in [1.82, 2.24) is 10.2 Å². The largest absolute Gasteiger partial charge is 0.507 e. The molecular formula is C13H17N2O5P. The Labute approximate surface area is 122 Å². The minimum Gasteiger partial charge on any atom is -0.507 e. The van der Waals surface area contributed by atoms with Crippen molar-refractivity contribution in [2.75, 3.05) is 13.2 Å². The first-order valence-electron chi connectivity index (χ1n) is 6.57. The molecule has 114 valence electrons. The highest BCUT2D eigenvalue weighted by molar-refractivity contribution is 7.52. The molecule has 0 spiro atoms. The zero-order chi connectivity index (χ0) is 15.3. The van der Waals surface area contributed by atoms with Gasteiger partial charge in [0.05, 0.1) is 18.8 Å². The molecule has 0 radical (unpaired) electrons. The molecule has 0 aliphatic carbocycles. The van der Waals surface area contributed by atoms with Crippen molar-refractivity contribution < 1.29 is 23.1 Å². The van der Waals surface area contributed by atoms with Gasteiger partial charge in [-0.25, -0.2) is 0 Å². The summed E-state index contributed by atoms with van der Waals surface area (Å²) in [6.07, 6.45) is -0.102. The second kappa shape index (κ2) is 6.85. The van der Waals surface area contributed by atoms with E-state index in [-0.39, 0.29) is 36.9 Å². The summed E-state index contributed by atoms with van der Waals surface area (Å²) >= 11 is 0. The smallest absolute Gasteiger partial charge is 0.339 e. The monoisotopic (exact) mass is 312 g/mol. The average molecular weight is 312 g/mol. The highest BCUT2D eigenvalue weighted by Crippen LogP contribution is 2.51. The fourth-order valence-corrected chi connectivity index (χ4v) is 3.27. The van der Waals surface area contributed by atoms with Crippen LogP contribution in [0.15, 0.2) is 28.7 Å². The van der Waals surface area contributed by atoms with E-state index in [4.69, 9.17) is 13.5 Å². The van der Waals surface area contributed by atoms with Gasteiger partial charge < -0.3 is 18.6 Å². The summed E-state index contributed by atoms with van der Waals surface area (Å²) in [6.45, 7) is 3.98. The first-order valence-corrected chi connectivity index (χ1v) is 8.29. The number of nitrogens with zero attached hydrogens (tertiary/aromatic N) is 2. The number of phenolic OH excluding ortho intramolecular Hbond substituents is 1. The number of aromatic hydroxyl groups is 1. The molecule has 1 aromatic heterocycles. The molecule has 0 aliphatic heterocycles. The van der Waals surface area contributed by atoms with E-state index in [2.05, 4.69) is 10.2 Å². The lowest BCUT2D eigenvalue weighted by atomic mass is 10.2. The molecule has 1 aromatic carbocycles. The van der Waals surface area contributed by atoms with Crippen molar-refractivity contribution in [2.24, 2.45) is 0 Å². The molecule has 0 atom stereocenters. The fraction of sp³-hybridized carbons (Fsp3) is 0.385. The number of hydrogen-bond donors (Lipinski definition) is 1. The number of hydrogen-bond acceptors (Lipinski definition) is 7. The third-order valence-electron chi connectivity index (χ3n) is 2.58. The quantitative estimate of drug-likeness (QED) is 0.784. The van der Waals surface area contributed by atoms with Gasteiger partial charge in [0.25, 0.3) is 5.89 Å². The van der Waals surface area contributed by atoms with Crippen molar-refractivity contribution >= 4 is 7.60 Å². The zero-order valence-corrected chi connectivity index (χ0v) is 12.7. The molecule has 21 heavy (non-hydrogen) atoms. The Hall–Kier alpha value is -1.69. The maximum atomic E-state index is 12.4. The molecule has 0 saturated heterocycles. The van der Waals surface area contributed by atoms with Crippen molar-refractivity contribution in [3.05, 3.63) is 30.2 Å². The van der Waals surface area contributed by atoms with Gasteiger partial charge in [-0.2, -0.15) is 0 Å². The van der Waals surface area contributed by atoms with Gasteiger partial charge in [0.15, 0.2) is 0 Å². The Morgan fingerprint density at radius 3 is 2.48 bits per heavy atom. The van der Waals surface area contributed by atoms with Crippen LogP contribution >= 0.6 is 7.60 Å². The highest BCUT2D eigenvalue weighted by atomic mass is 31.2. The third kappa shape index (κ3) is 3.91. The maximum Gasteiger partial charge on any atom is 0.339 e. The molecule has 0 saturated carbocycles. The van der Waals surface area contributed by atoms with Crippen LogP contribution in [0.4, 0.5) is 0 Å². The SMILES string of the molecule is CCOP(=O)(Cc1nnc(-c2ccccc2O)o1)OCC. The summed E-state index contributed by atoms with van der Waals surface area (Å²) in [6, 6.07) is 6.60. The number of phenols is 1. The summed E-state index contributed by atoms with van der Waals surface area (Å²) < 4.78 is 28.1. The van der Waals surface area contributed by atoms with Gasteiger partial charge in [0.2, 0.25) is 5.89 Å². The van der Waals surface area contributed by atoms with Crippen LogP contribution < -0.4 is 0 Å². The van der Waals surface area contributed by atoms with E-state index in [0.29, 0.717) is 5.56 Å². The van der Waals surface area contributed by atoms with Gasteiger partial charge in [-0.3, -0.25) is 4.57 Å². The highest BCUT2D eigenvalue weighted by Gasteiger charge is 2.27. The third-order valence-corrected chi connectivity index (χ3v) is 4.54. The Morgan fingerprint density at radius 2 is 1.86 bits per heavy atom. The first-order chi connectivity index (χ1) is 10.1. The summed E-state index contributed by atoms with van der Waals surface area (Å²) in [7, 11) is -3.29. The predicted molar refractivity (Wildman–Crippen MR) is 76.0 cm³/mol. The number of aromatic nitrogens is 2. The molecule has 0 bridgehead atoms. The van der Waals surface area contributed by atoms with Crippen LogP contribution in [0.3, 0.4) is 0 Å². The van der Waals surface area contributed by atoms with Crippen LogP contribution in [0.1, 0.15) is 19.7 Å². The summed E-state index contributed by atoms with van der Waals surface area (Å²) in [5.41, 5.74) is 0.416. The fourth-order valence-electron chi connectivity index (χ4n) is 1.77. The van der Waals surface area contributed by atoms with E-state index in [1.54, 1.807) is 32.0 Å². The van der Waals surface area contributed by atoms with E-state index in [1.165, 1.54) is 6.07 Å². The predicted octanol–water partition coefficient (Wildman–Crippen LogP) is 3.21. The van der Waals surface area contributed by atoms with E-state index < -0.39 is 7.60 Å². The molecular weight excluding hydrogens is 295 g/mol. The lowest BCUT2D eigenvalue weighted by molar-refractivity contribution is 0.217. The summed E-state index contributed by atoms with van der Waals surface area (Å²) in [5, 5.41) is 17.4. The van der Waals surface area contributed by atoms with Crippen molar-refractivity contribution in [1.29, 1.82) is 0 Å². The molecule has 2 aromatic rings. The molecule has 0 amide bonds. The molecule has 1 heterocycles. The molecule has 0 aliphatic rings. The minimum absolute atomic E-state index is 0.0329. The van der Waals surface area contributed by atoms with Crippen molar-refractivity contribution in [2.45, 2.75) is 20.0 Å².